The SMILES string of the molecule is CC(=O)SC[C@@H]1COC(C)(C)N1C(=O)OC(C)(C)C. The molecule has 110 valence electrons. The highest BCUT2D eigenvalue weighted by molar-refractivity contribution is 8.13. The smallest absolute Gasteiger partial charge is 0.412 e. The van der Waals surface area contributed by atoms with Gasteiger partial charge in [0.15, 0.2) is 5.12 Å². The topological polar surface area (TPSA) is 55.8 Å². The molecule has 1 atom stereocenters. The van der Waals surface area contributed by atoms with Gasteiger partial charge in [-0.05, 0) is 34.6 Å². The fourth-order valence-corrected chi connectivity index (χ4v) is 2.57. The monoisotopic (exact) mass is 289 g/mol. The zero-order chi connectivity index (χ0) is 14.8. The number of thioether (sulfide) groups is 1. The van der Waals surface area contributed by atoms with Crippen molar-refractivity contribution in [1.29, 1.82) is 0 Å². The number of nitrogens with zero attached hydrogens (tertiary/aromatic N) is 1. The molecule has 0 bridgehead atoms. The van der Waals surface area contributed by atoms with Crippen LogP contribution in [0.3, 0.4) is 0 Å². The van der Waals surface area contributed by atoms with Gasteiger partial charge in [-0.1, -0.05) is 11.8 Å². The lowest BCUT2D eigenvalue weighted by Gasteiger charge is -2.34. The molecule has 1 saturated heterocycles. The normalized spacial score (nSPS) is 22.4. The molecule has 1 aliphatic rings. The molecule has 0 spiro atoms. The van der Waals surface area contributed by atoms with Gasteiger partial charge in [0.2, 0.25) is 0 Å². The average Bonchev–Trinajstić information content (AvgIpc) is 2.47. The molecular weight excluding hydrogens is 266 g/mol. The van der Waals surface area contributed by atoms with Gasteiger partial charge >= 0.3 is 6.09 Å². The van der Waals surface area contributed by atoms with Crippen LogP contribution in [0.1, 0.15) is 41.5 Å². The third-order valence-electron chi connectivity index (χ3n) is 2.64. The Kier molecular flexibility index (Phi) is 4.90. The maximum atomic E-state index is 12.3. The Labute approximate surface area is 119 Å². The van der Waals surface area contributed by atoms with Crippen molar-refractivity contribution in [2.75, 3.05) is 12.4 Å². The minimum Gasteiger partial charge on any atom is -0.444 e. The maximum Gasteiger partial charge on any atom is 0.412 e. The summed E-state index contributed by atoms with van der Waals surface area (Å²) in [5.41, 5.74) is -1.25. The molecule has 5 nitrogen and oxygen atoms in total. The second-order valence-corrected chi connectivity index (χ2v) is 7.26. The molecule has 0 saturated carbocycles. The van der Waals surface area contributed by atoms with Gasteiger partial charge in [-0.2, -0.15) is 0 Å². The van der Waals surface area contributed by atoms with Gasteiger partial charge < -0.3 is 9.47 Å². The van der Waals surface area contributed by atoms with E-state index in [1.54, 1.807) is 4.90 Å². The van der Waals surface area contributed by atoms with Crippen molar-refractivity contribution in [3.63, 3.8) is 0 Å². The summed E-state index contributed by atoms with van der Waals surface area (Å²) in [5.74, 6) is 0.526. The molecule has 19 heavy (non-hydrogen) atoms. The summed E-state index contributed by atoms with van der Waals surface area (Å²) in [6, 6.07) is -0.140. The Hall–Kier alpha value is -0.750. The van der Waals surface area contributed by atoms with Gasteiger partial charge in [-0.25, -0.2) is 4.79 Å². The van der Waals surface area contributed by atoms with E-state index in [1.807, 2.05) is 34.6 Å². The Balaban J connectivity index is 2.78. The van der Waals surface area contributed by atoms with Crippen molar-refractivity contribution in [3.05, 3.63) is 0 Å². The van der Waals surface area contributed by atoms with Crippen molar-refractivity contribution in [3.8, 4) is 0 Å². The number of rotatable bonds is 2. The predicted octanol–water partition coefficient (Wildman–Crippen LogP) is 2.64. The van der Waals surface area contributed by atoms with E-state index in [0.717, 1.165) is 0 Å². The first-order valence-corrected chi connectivity index (χ1v) is 7.31. The highest BCUT2D eigenvalue weighted by Crippen LogP contribution is 2.30. The van der Waals surface area contributed by atoms with Crippen LogP contribution in [0.5, 0.6) is 0 Å². The molecule has 1 fully saturated rings. The lowest BCUT2D eigenvalue weighted by atomic mass is 10.2. The van der Waals surface area contributed by atoms with Gasteiger partial charge in [-0.3, -0.25) is 9.69 Å². The summed E-state index contributed by atoms with van der Waals surface area (Å²) in [6.07, 6.45) is -0.399. The molecule has 1 heterocycles. The van der Waals surface area contributed by atoms with E-state index in [2.05, 4.69) is 0 Å². The van der Waals surface area contributed by atoms with Gasteiger partial charge in [0.05, 0.1) is 12.6 Å². The Morgan fingerprint density at radius 1 is 1.42 bits per heavy atom. The van der Waals surface area contributed by atoms with Crippen LogP contribution in [-0.4, -0.2) is 45.8 Å². The second-order valence-electron chi connectivity index (χ2n) is 6.06. The van der Waals surface area contributed by atoms with Crippen molar-refractivity contribution < 1.29 is 19.1 Å². The highest BCUT2D eigenvalue weighted by Gasteiger charge is 2.45. The summed E-state index contributed by atoms with van der Waals surface area (Å²) in [7, 11) is 0. The van der Waals surface area contributed by atoms with Crippen LogP contribution < -0.4 is 0 Å². The van der Waals surface area contributed by atoms with Gasteiger partial charge in [0.25, 0.3) is 0 Å². The number of hydrogen-bond acceptors (Lipinski definition) is 5. The van der Waals surface area contributed by atoms with Crippen molar-refractivity contribution in [2.24, 2.45) is 0 Å². The first kappa shape index (κ1) is 16.3. The van der Waals surface area contributed by atoms with Crippen LogP contribution in [-0.2, 0) is 14.3 Å². The molecule has 0 aromatic heterocycles. The molecule has 6 heteroatoms. The summed E-state index contributed by atoms with van der Waals surface area (Å²) in [5, 5.41) is 0.0360. The summed E-state index contributed by atoms with van der Waals surface area (Å²) < 4.78 is 11.0. The molecule has 0 radical (unpaired) electrons. The molecule has 0 unspecified atom stereocenters. The third kappa shape index (κ3) is 4.69. The van der Waals surface area contributed by atoms with E-state index in [4.69, 9.17) is 9.47 Å². The van der Waals surface area contributed by atoms with Crippen LogP contribution in [0.2, 0.25) is 0 Å². The van der Waals surface area contributed by atoms with Crippen molar-refractivity contribution >= 4 is 23.0 Å². The quantitative estimate of drug-likeness (QED) is 0.782. The maximum absolute atomic E-state index is 12.3. The molecular formula is C13H23NO4S. The fourth-order valence-electron chi connectivity index (χ4n) is 1.90. The number of hydrogen-bond donors (Lipinski definition) is 0. The zero-order valence-electron chi connectivity index (χ0n) is 12.5. The Morgan fingerprint density at radius 3 is 2.47 bits per heavy atom. The van der Waals surface area contributed by atoms with Crippen LogP contribution in [0.25, 0.3) is 0 Å². The standard InChI is InChI=1S/C13H23NO4S/c1-9(15)19-8-10-7-17-13(5,6)14(10)11(16)18-12(2,3)4/h10H,7-8H2,1-6H3/t10-/m0/s1. The molecule has 1 amide bonds. The van der Waals surface area contributed by atoms with Gasteiger partial charge in [0, 0.05) is 12.7 Å². The molecule has 0 aromatic carbocycles. The Bertz CT molecular complexity index is 362. The first-order chi connectivity index (χ1) is 8.53. The van der Waals surface area contributed by atoms with E-state index in [1.165, 1.54) is 18.7 Å². The predicted molar refractivity (Wildman–Crippen MR) is 75.0 cm³/mol. The van der Waals surface area contributed by atoms with E-state index in [9.17, 15) is 9.59 Å². The lowest BCUT2D eigenvalue weighted by molar-refractivity contribution is -0.109. The van der Waals surface area contributed by atoms with Gasteiger partial charge in [0.1, 0.15) is 11.3 Å². The molecule has 0 N–H and O–H groups in total. The minimum absolute atomic E-state index is 0.0360. The fraction of sp³-hybridized carbons (Fsp3) is 0.846. The second kappa shape index (κ2) is 5.71. The number of carbonyl (C=O) groups excluding carboxylic acids is 2. The summed E-state index contributed by atoms with van der Waals surface area (Å²) in [4.78, 5) is 24.9. The van der Waals surface area contributed by atoms with Gasteiger partial charge in [-0.15, -0.1) is 0 Å². The first-order valence-electron chi connectivity index (χ1n) is 6.32. The van der Waals surface area contributed by atoms with Crippen LogP contribution in [0.4, 0.5) is 4.79 Å². The minimum atomic E-state index is -0.704. The van der Waals surface area contributed by atoms with E-state index < -0.39 is 17.4 Å². The molecule has 0 aromatic rings. The van der Waals surface area contributed by atoms with Crippen LogP contribution >= 0.6 is 11.8 Å². The summed E-state index contributed by atoms with van der Waals surface area (Å²) in [6.45, 7) is 11.1. The lowest BCUT2D eigenvalue weighted by Crippen LogP contribution is -2.50. The molecule has 0 aliphatic carbocycles. The molecule has 1 aliphatic heterocycles. The third-order valence-corrected chi connectivity index (χ3v) is 3.60. The van der Waals surface area contributed by atoms with Crippen molar-refractivity contribution in [2.45, 2.75) is 58.9 Å². The van der Waals surface area contributed by atoms with Crippen molar-refractivity contribution in [1.82, 2.24) is 4.90 Å². The number of ether oxygens (including phenoxy) is 2. The summed E-state index contributed by atoms with van der Waals surface area (Å²) >= 11 is 1.20. The largest absolute Gasteiger partial charge is 0.444 e. The van der Waals surface area contributed by atoms with Crippen LogP contribution in [0.15, 0.2) is 0 Å². The average molecular weight is 289 g/mol. The van der Waals surface area contributed by atoms with E-state index >= 15 is 0 Å². The Morgan fingerprint density at radius 2 is 2.00 bits per heavy atom. The zero-order valence-corrected chi connectivity index (χ0v) is 13.3. The van der Waals surface area contributed by atoms with Crippen LogP contribution in [0, 0.1) is 0 Å². The number of amides is 1. The highest BCUT2D eigenvalue weighted by atomic mass is 32.2. The molecule has 1 rings (SSSR count). The van der Waals surface area contributed by atoms with E-state index in [0.29, 0.717) is 12.4 Å². The number of carbonyl (C=O) groups is 2. The van der Waals surface area contributed by atoms with E-state index in [-0.39, 0.29) is 11.2 Å².